The highest BCUT2D eigenvalue weighted by Crippen LogP contribution is 2.39. The number of allylic oxidation sites excluding steroid dienone is 7. The lowest BCUT2D eigenvalue weighted by atomic mass is 9.98. The molecule has 0 bridgehead atoms. The minimum absolute atomic E-state index is 0.620. The highest BCUT2D eigenvalue weighted by Gasteiger charge is 2.18. The van der Waals surface area contributed by atoms with Gasteiger partial charge in [0.25, 0.3) is 0 Å². The predicted octanol–water partition coefficient (Wildman–Crippen LogP) is 6.73. The van der Waals surface area contributed by atoms with E-state index in [-0.39, 0.29) is 0 Å². The van der Waals surface area contributed by atoms with Gasteiger partial charge in [-0.05, 0) is 86.4 Å². The van der Waals surface area contributed by atoms with Crippen LogP contribution in [0.15, 0.2) is 48.1 Å². The monoisotopic (exact) mass is 338 g/mol. The van der Waals surface area contributed by atoms with Gasteiger partial charge in [0.2, 0.25) is 0 Å². The van der Waals surface area contributed by atoms with E-state index in [0.717, 1.165) is 21.0 Å². The van der Waals surface area contributed by atoms with Gasteiger partial charge < -0.3 is 0 Å². The van der Waals surface area contributed by atoms with E-state index < -0.39 is 0 Å². The van der Waals surface area contributed by atoms with Gasteiger partial charge in [0, 0.05) is 0 Å². The van der Waals surface area contributed by atoms with Crippen molar-refractivity contribution in [3.8, 4) is 0 Å². The molecule has 0 aromatic carbocycles. The summed E-state index contributed by atoms with van der Waals surface area (Å²) in [7, 11) is 0.929. The van der Waals surface area contributed by atoms with Crippen LogP contribution in [-0.2, 0) is 25.7 Å². The van der Waals surface area contributed by atoms with E-state index in [1.165, 1.54) is 44.1 Å². The average Bonchev–Trinajstić information content (AvgIpc) is 3.07. The Hall–Kier alpha value is -1.26. The first-order chi connectivity index (χ1) is 11.6. The van der Waals surface area contributed by atoms with Crippen molar-refractivity contribution < 1.29 is 0 Å². The number of fused-ring (bicyclic) bond motifs is 1. The topological polar surface area (TPSA) is 0 Å². The molecule has 0 aliphatic heterocycles. The zero-order chi connectivity index (χ0) is 16.9. The molecule has 3 rings (SSSR count). The standard InChI is InChI=1S/C23H31P/c1-17(2)15-22-20-11-5-4-6-12-21(20)23(24-22)16-18(3)13-14-19-9-7-8-10-19/h7-10,13,19,24H,1,4-6,11-12,14-16H2,2-3H3/b18-13+. The molecular weight excluding hydrogens is 307 g/mol. The lowest BCUT2D eigenvalue weighted by molar-refractivity contribution is 0.710. The second-order valence-electron chi connectivity index (χ2n) is 7.63. The fourth-order valence-corrected chi connectivity index (χ4v) is 5.98. The van der Waals surface area contributed by atoms with Crippen LogP contribution in [0.5, 0.6) is 0 Å². The van der Waals surface area contributed by atoms with E-state index in [1.54, 1.807) is 27.3 Å². The maximum absolute atomic E-state index is 4.17. The molecule has 0 amide bonds. The van der Waals surface area contributed by atoms with E-state index in [4.69, 9.17) is 0 Å². The number of rotatable bonds is 6. The third-order valence-corrected chi connectivity index (χ3v) is 6.81. The fraction of sp³-hybridized carbons (Fsp3) is 0.478. The summed E-state index contributed by atoms with van der Waals surface area (Å²) >= 11 is 0. The van der Waals surface area contributed by atoms with Crippen molar-refractivity contribution in [2.75, 3.05) is 0 Å². The summed E-state index contributed by atoms with van der Waals surface area (Å²) in [6.45, 7) is 8.67. The molecule has 2 aliphatic carbocycles. The van der Waals surface area contributed by atoms with Crippen LogP contribution in [0.25, 0.3) is 0 Å². The Morgan fingerprint density at radius 2 is 1.67 bits per heavy atom. The molecule has 1 aromatic rings. The Balaban J connectivity index is 1.77. The predicted molar refractivity (Wildman–Crippen MR) is 110 cm³/mol. The zero-order valence-electron chi connectivity index (χ0n) is 15.3. The third-order valence-electron chi connectivity index (χ3n) is 5.25. The summed E-state index contributed by atoms with van der Waals surface area (Å²) in [6.07, 6.45) is 21.7. The lowest BCUT2D eigenvalue weighted by Crippen LogP contribution is -1.95. The van der Waals surface area contributed by atoms with Crippen molar-refractivity contribution in [1.29, 1.82) is 0 Å². The minimum atomic E-state index is 0.620. The molecule has 2 aliphatic rings. The van der Waals surface area contributed by atoms with E-state index in [9.17, 15) is 0 Å². The Morgan fingerprint density at radius 3 is 2.29 bits per heavy atom. The van der Waals surface area contributed by atoms with Gasteiger partial charge in [-0.1, -0.05) is 54.5 Å². The molecule has 1 unspecified atom stereocenters. The second kappa shape index (κ2) is 8.21. The molecule has 1 heteroatoms. The number of hydrogen-bond acceptors (Lipinski definition) is 0. The fourth-order valence-electron chi connectivity index (χ4n) is 4.01. The van der Waals surface area contributed by atoms with E-state index in [1.807, 2.05) is 0 Å². The van der Waals surface area contributed by atoms with E-state index >= 15 is 0 Å². The Labute approximate surface area is 149 Å². The van der Waals surface area contributed by atoms with Gasteiger partial charge in [0.1, 0.15) is 0 Å². The van der Waals surface area contributed by atoms with Crippen molar-refractivity contribution in [2.24, 2.45) is 5.92 Å². The summed E-state index contributed by atoms with van der Waals surface area (Å²) in [6, 6.07) is 0. The van der Waals surface area contributed by atoms with Crippen LogP contribution in [0.1, 0.15) is 61.2 Å². The SMILES string of the molecule is C=C(C)Cc1[pH]c(C/C(C)=C/CC2C=CC=C2)c2c1CCCCC2. The molecule has 128 valence electrons. The molecule has 1 heterocycles. The first kappa shape index (κ1) is 17.6. The van der Waals surface area contributed by atoms with Crippen LogP contribution in [-0.4, -0.2) is 0 Å². The normalized spacial score (nSPS) is 18.3. The molecule has 0 spiro atoms. The molecule has 0 fully saturated rings. The van der Waals surface area contributed by atoms with Crippen molar-refractivity contribution >= 4 is 8.19 Å². The van der Waals surface area contributed by atoms with E-state index in [2.05, 4.69) is 50.8 Å². The van der Waals surface area contributed by atoms with Gasteiger partial charge >= 0.3 is 0 Å². The first-order valence-corrected chi connectivity index (χ1v) is 10.5. The van der Waals surface area contributed by atoms with Crippen molar-refractivity contribution in [1.82, 2.24) is 0 Å². The Kier molecular flexibility index (Phi) is 6.01. The highest BCUT2D eigenvalue weighted by atomic mass is 31.0. The molecule has 0 saturated heterocycles. The van der Waals surface area contributed by atoms with Crippen LogP contribution in [0.3, 0.4) is 0 Å². The van der Waals surface area contributed by atoms with E-state index in [0.29, 0.717) is 5.92 Å². The molecule has 0 nitrogen and oxygen atoms in total. The zero-order valence-corrected chi connectivity index (χ0v) is 16.3. The summed E-state index contributed by atoms with van der Waals surface area (Å²) in [4.78, 5) is 0. The quantitative estimate of drug-likeness (QED) is 0.398. The Morgan fingerprint density at radius 1 is 1.04 bits per heavy atom. The molecule has 24 heavy (non-hydrogen) atoms. The second-order valence-corrected chi connectivity index (χ2v) is 9.09. The smallest absolute Gasteiger partial charge is 0.00126 e. The third kappa shape index (κ3) is 4.42. The summed E-state index contributed by atoms with van der Waals surface area (Å²) in [5, 5.41) is 3.46. The van der Waals surface area contributed by atoms with Gasteiger partial charge in [-0.25, -0.2) is 0 Å². The molecule has 0 N–H and O–H groups in total. The largest absolute Gasteiger partial charge is 0.132 e. The first-order valence-electron chi connectivity index (χ1n) is 9.50. The van der Waals surface area contributed by atoms with Gasteiger partial charge in [-0.15, -0.1) is 8.19 Å². The van der Waals surface area contributed by atoms with Crippen molar-refractivity contribution in [2.45, 2.75) is 65.2 Å². The molecule has 1 atom stereocenters. The summed E-state index contributed by atoms with van der Waals surface area (Å²) < 4.78 is 0. The number of hydrogen-bond donors (Lipinski definition) is 0. The highest BCUT2D eigenvalue weighted by molar-refractivity contribution is 7.32. The summed E-state index contributed by atoms with van der Waals surface area (Å²) in [5.41, 5.74) is 6.36. The molecule has 0 saturated carbocycles. The van der Waals surface area contributed by atoms with Gasteiger partial charge in [-0.2, -0.15) is 0 Å². The van der Waals surface area contributed by atoms with Crippen LogP contribution in [0.4, 0.5) is 0 Å². The average molecular weight is 338 g/mol. The lowest BCUT2D eigenvalue weighted by Gasteiger charge is -2.07. The van der Waals surface area contributed by atoms with Crippen molar-refractivity contribution in [3.63, 3.8) is 0 Å². The maximum atomic E-state index is 4.17. The van der Waals surface area contributed by atoms with Gasteiger partial charge in [-0.3, -0.25) is 0 Å². The molecule has 0 radical (unpaired) electrons. The van der Waals surface area contributed by atoms with Crippen molar-refractivity contribution in [3.05, 3.63) is 69.8 Å². The van der Waals surface area contributed by atoms with Crippen LogP contribution < -0.4 is 0 Å². The molecular formula is C23H31P. The molecule has 1 aromatic heterocycles. The maximum Gasteiger partial charge on any atom is -0.00126 e. The summed E-state index contributed by atoms with van der Waals surface area (Å²) in [5.74, 6) is 0.620. The van der Waals surface area contributed by atoms with Gasteiger partial charge in [0.05, 0.1) is 0 Å². The van der Waals surface area contributed by atoms with Crippen LogP contribution >= 0.6 is 8.19 Å². The van der Waals surface area contributed by atoms with Crippen LogP contribution in [0, 0.1) is 5.92 Å². The Bertz CT molecular complexity index is 669. The minimum Gasteiger partial charge on any atom is -0.132 e. The van der Waals surface area contributed by atoms with Crippen LogP contribution in [0.2, 0.25) is 0 Å². The van der Waals surface area contributed by atoms with Gasteiger partial charge in [0.15, 0.2) is 0 Å².